The van der Waals surface area contributed by atoms with Gasteiger partial charge in [0.25, 0.3) is 5.91 Å². The van der Waals surface area contributed by atoms with Crippen LogP contribution in [0.1, 0.15) is 44.9 Å². The maximum Gasteiger partial charge on any atom is 0.271 e. The Bertz CT molecular complexity index is 1910. The number of carbonyl (C=O) groups excluding carboxylic acids is 2. The zero-order valence-corrected chi connectivity index (χ0v) is 25.9. The van der Waals surface area contributed by atoms with Crippen LogP contribution in [0.4, 0.5) is 17.2 Å². The van der Waals surface area contributed by atoms with Crippen molar-refractivity contribution in [2.75, 3.05) is 37.6 Å². The number of carbonyl (C=O) groups is 2. The lowest BCUT2D eigenvalue weighted by Crippen LogP contribution is -2.51. The van der Waals surface area contributed by atoms with Crippen molar-refractivity contribution in [1.82, 2.24) is 29.9 Å². The summed E-state index contributed by atoms with van der Waals surface area (Å²) in [4.78, 5) is 42.3. The molecule has 7 rings (SSSR count). The van der Waals surface area contributed by atoms with Crippen LogP contribution in [0.15, 0.2) is 67.1 Å². The van der Waals surface area contributed by atoms with Gasteiger partial charge in [-0.2, -0.15) is 0 Å². The molecule has 0 bridgehead atoms. The second-order valence-electron chi connectivity index (χ2n) is 11.6. The third-order valence-electron chi connectivity index (χ3n) is 8.86. The second kappa shape index (κ2) is 12.2. The second-order valence-corrected chi connectivity index (χ2v) is 11.6. The maximum atomic E-state index is 13.6. The number of nitrogens with zero attached hydrogens (tertiary/aromatic N) is 7. The first-order chi connectivity index (χ1) is 22.5. The Morgan fingerprint density at radius 3 is 2.61 bits per heavy atom. The van der Waals surface area contributed by atoms with Gasteiger partial charge in [-0.15, -0.1) is 5.10 Å². The smallest absolute Gasteiger partial charge is 0.271 e. The number of ether oxygens (including phenoxy) is 2. The number of anilines is 3. The number of rotatable bonds is 10. The highest BCUT2D eigenvalue weighted by Gasteiger charge is 2.33. The third-order valence-corrected chi connectivity index (χ3v) is 8.86. The van der Waals surface area contributed by atoms with E-state index in [2.05, 4.69) is 36.1 Å². The Kier molecular flexibility index (Phi) is 7.79. The number of benzene rings is 2. The minimum Gasteiger partial charge on any atom is -0.497 e. The van der Waals surface area contributed by atoms with Crippen molar-refractivity contribution in [2.45, 2.75) is 38.0 Å². The van der Waals surface area contributed by atoms with Crippen LogP contribution in [0.25, 0.3) is 16.9 Å². The average Bonchev–Trinajstić information content (AvgIpc) is 3.71. The van der Waals surface area contributed by atoms with E-state index in [-0.39, 0.29) is 23.7 Å². The molecule has 1 amide bonds. The summed E-state index contributed by atoms with van der Waals surface area (Å²) >= 11 is 0. The zero-order chi connectivity index (χ0) is 31.8. The van der Waals surface area contributed by atoms with Gasteiger partial charge in [0, 0.05) is 44.6 Å². The van der Waals surface area contributed by atoms with E-state index in [1.54, 1.807) is 31.1 Å². The molecular formula is C34H34N8O4. The lowest BCUT2D eigenvalue weighted by atomic mass is 9.89. The normalized spacial score (nSPS) is 17.0. The molecule has 5 aromatic rings. The number of hydrogen-bond donors (Lipinski definition) is 1. The molecule has 2 atom stereocenters. The Labute approximate surface area is 266 Å². The quantitative estimate of drug-likeness (QED) is 0.227. The molecule has 0 unspecified atom stereocenters. The standard InChI is InChI=1S/C34H34N8O4/c1-40(19-21-7-9-23(45-2)10-8-21)29-15-32(39-42-30(18-37-33(29)42)34(44)38-26-11-12-31(26)46-3)41-14-13-25-24(5-4-6-28(25)41)27-17-35-22(20-43)16-36-27/h4-10,15-18,20,26,31H,11-14,19H2,1-3H3,(H,38,44)/t26-,31-/m1/s1. The monoisotopic (exact) mass is 618 g/mol. The van der Waals surface area contributed by atoms with Gasteiger partial charge >= 0.3 is 0 Å². The summed E-state index contributed by atoms with van der Waals surface area (Å²) < 4.78 is 12.5. The van der Waals surface area contributed by atoms with Crippen molar-refractivity contribution in [3.63, 3.8) is 0 Å². The number of aromatic nitrogens is 5. The van der Waals surface area contributed by atoms with Gasteiger partial charge in [-0.3, -0.25) is 14.6 Å². The maximum absolute atomic E-state index is 13.6. The highest BCUT2D eigenvalue weighted by atomic mass is 16.5. The van der Waals surface area contributed by atoms with Crippen molar-refractivity contribution in [3.8, 4) is 17.0 Å². The Hall–Kier alpha value is -5.36. The molecule has 3 aromatic heterocycles. The summed E-state index contributed by atoms with van der Waals surface area (Å²) in [7, 11) is 5.33. The number of amides is 1. The minimum absolute atomic E-state index is 0.00692. The van der Waals surface area contributed by atoms with Crippen LogP contribution < -0.4 is 19.9 Å². The van der Waals surface area contributed by atoms with E-state index >= 15 is 0 Å². The average molecular weight is 619 g/mol. The van der Waals surface area contributed by atoms with Gasteiger partial charge in [-0.1, -0.05) is 24.3 Å². The number of imidazole rings is 1. The molecule has 0 spiro atoms. The molecule has 1 aliphatic heterocycles. The number of fused-ring (bicyclic) bond motifs is 2. The molecule has 12 heteroatoms. The first-order valence-electron chi connectivity index (χ1n) is 15.2. The van der Waals surface area contributed by atoms with Gasteiger partial charge in [0.15, 0.2) is 23.4 Å². The molecule has 0 radical (unpaired) electrons. The number of aldehydes is 1. The van der Waals surface area contributed by atoms with Gasteiger partial charge < -0.3 is 24.6 Å². The van der Waals surface area contributed by atoms with Crippen molar-refractivity contribution in [3.05, 3.63) is 89.6 Å². The molecule has 2 aromatic carbocycles. The van der Waals surface area contributed by atoms with Crippen molar-refractivity contribution in [2.24, 2.45) is 0 Å². The van der Waals surface area contributed by atoms with Crippen LogP contribution in [-0.4, -0.2) is 76.7 Å². The number of hydrogen-bond acceptors (Lipinski definition) is 10. The molecule has 4 heterocycles. The third kappa shape index (κ3) is 5.30. The predicted octanol–water partition coefficient (Wildman–Crippen LogP) is 4.25. The minimum atomic E-state index is -0.242. The Balaban J connectivity index is 1.28. The van der Waals surface area contributed by atoms with Crippen LogP contribution in [0.2, 0.25) is 0 Å². The van der Waals surface area contributed by atoms with Crippen LogP contribution >= 0.6 is 0 Å². The van der Waals surface area contributed by atoms with Crippen molar-refractivity contribution >= 4 is 35.0 Å². The lowest BCUT2D eigenvalue weighted by Gasteiger charge is -2.35. The van der Waals surface area contributed by atoms with E-state index in [1.165, 1.54) is 6.20 Å². The van der Waals surface area contributed by atoms with E-state index in [1.807, 2.05) is 49.5 Å². The highest BCUT2D eigenvalue weighted by molar-refractivity contribution is 5.94. The van der Waals surface area contributed by atoms with Crippen molar-refractivity contribution in [1.29, 1.82) is 0 Å². The van der Waals surface area contributed by atoms with Gasteiger partial charge in [-0.05, 0) is 48.6 Å². The predicted molar refractivity (Wildman–Crippen MR) is 173 cm³/mol. The summed E-state index contributed by atoms with van der Waals surface area (Å²) in [5.74, 6) is 1.24. The zero-order valence-electron chi connectivity index (χ0n) is 25.9. The van der Waals surface area contributed by atoms with E-state index in [0.717, 1.165) is 53.1 Å². The molecular weight excluding hydrogens is 584 g/mol. The molecule has 1 fully saturated rings. The van der Waals surface area contributed by atoms with E-state index in [4.69, 9.17) is 14.6 Å². The first-order valence-corrected chi connectivity index (χ1v) is 15.2. The molecule has 1 saturated carbocycles. The van der Waals surface area contributed by atoms with Crippen LogP contribution in [0, 0.1) is 0 Å². The number of nitrogens with one attached hydrogen (secondary N) is 1. The van der Waals surface area contributed by atoms with Gasteiger partial charge in [0.2, 0.25) is 0 Å². The summed E-state index contributed by atoms with van der Waals surface area (Å²) in [5.41, 5.74) is 6.93. The van der Waals surface area contributed by atoms with Crippen LogP contribution in [-0.2, 0) is 17.7 Å². The lowest BCUT2D eigenvalue weighted by molar-refractivity contribution is 0.00718. The topological polar surface area (TPSA) is 127 Å². The Morgan fingerprint density at radius 2 is 1.91 bits per heavy atom. The Morgan fingerprint density at radius 1 is 1.07 bits per heavy atom. The summed E-state index contributed by atoms with van der Waals surface area (Å²) in [5, 5.41) is 8.11. The summed E-state index contributed by atoms with van der Waals surface area (Å²) in [6, 6.07) is 16.0. The van der Waals surface area contributed by atoms with E-state index < -0.39 is 0 Å². The fraction of sp³-hybridized carbons (Fsp3) is 0.294. The SMILES string of the molecule is COc1ccc(CN(C)c2cc(N3CCc4c(-c5cnc(C=O)cn5)cccc43)nn3c(C(=O)N[C@@H]4CC[C@H]4OC)cnc23)cc1. The molecule has 234 valence electrons. The molecule has 1 aliphatic carbocycles. The molecule has 46 heavy (non-hydrogen) atoms. The first kappa shape index (κ1) is 29.4. The summed E-state index contributed by atoms with van der Waals surface area (Å²) in [6.45, 7) is 1.28. The number of methoxy groups -OCH3 is 2. The largest absolute Gasteiger partial charge is 0.497 e. The van der Waals surface area contributed by atoms with Crippen molar-refractivity contribution < 1.29 is 19.1 Å². The van der Waals surface area contributed by atoms with Gasteiger partial charge in [0.1, 0.15) is 11.4 Å². The fourth-order valence-corrected chi connectivity index (χ4v) is 6.21. The van der Waals surface area contributed by atoms with Gasteiger partial charge in [-0.25, -0.2) is 14.5 Å². The van der Waals surface area contributed by atoms with Crippen LogP contribution in [0.5, 0.6) is 5.75 Å². The van der Waals surface area contributed by atoms with Crippen LogP contribution in [0.3, 0.4) is 0 Å². The van der Waals surface area contributed by atoms with E-state index in [9.17, 15) is 9.59 Å². The van der Waals surface area contributed by atoms with E-state index in [0.29, 0.717) is 42.2 Å². The molecule has 12 nitrogen and oxygen atoms in total. The fourth-order valence-electron chi connectivity index (χ4n) is 6.21. The summed E-state index contributed by atoms with van der Waals surface area (Å²) in [6.07, 6.45) is 7.94. The molecule has 2 aliphatic rings. The highest BCUT2D eigenvalue weighted by Crippen LogP contribution is 2.40. The molecule has 0 saturated heterocycles. The van der Waals surface area contributed by atoms with Gasteiger partial charge in [0.05, 0.1) is 49.2 Å². The molecule has 1 N–H and O–H groups in total.